The number of ether oxygens (including phenoxy) is 1. The van der Waals surface area contributed by atoms with Gasteiger partial charge >= 0.3 is 5.97 Å². The number of amides is 1. The smallest absolute Gasteiger partial charge is 0.306 e. The number of rotatable bonds is 6. The second-order valence-corrected chi connectivity index (χ2v) is 2.23. The van der Waals surface area contributed by atoms with Crippen LogP contribution < -0.4 is 5.32 Å². The average molecular weight is 186 g/mol. The predicted octanol–water partition coefficient (Wildman–Crippen LogP) is -0.444. The van der Waals surface area contributed by atoms with E-state index in [2.05, 4.69) is 10.1 Å². The molecule has 1 N–H and O–H groups in total. The predicted molar refractivity (Wildman–Crippen MR) is 44.6 cm³/mol. The molecule has 0 aliphatic rings. The van der Waals surface area contributed by atoms with Gasteiger partial charge in [0.15, 0.2) is 0 Å². The lowest BCUT2D eigenvalue weighted by molar-refractivity contribution is -0.144. The zero-order chi connectivity index (χ0) is 10.1. The minimum atomic E-state index is -0.410. The minimum Gasteiger partial charge on any atom is -0.466 e. The van der Waals surface area contributed by atoms with Gasteiger partial charge in [0, 0.05) is 6.42 Å². The molecule has 0 heterocycles. The summed E-state index contributed by atoms with van der Waals surface area (Å²) >= 11 is 0. The van der Waals surface area contributed by atoms with E-state index in [-0.39, 0.29) is 25.3 Å². The van der Waals surface area contributed by atoms with E-state index >= 15 is 0 Å². The van der Waals surface area contributed by atoms with E-state index in [0.29, 0.717) is 6.61 Å². The third-order valence-corrected chi connectivity index (χ3v) is 1.22. The molecule has 0 aromatic rings. The van der Waals surface area contributed by atoms with Crippen molar-refractivity contribution >= 4 is 18.2 Å². The van der Waals surface area contributed by atoms with E-state index in [0.717, 1.165) is 0 Å². The van der Waals surface area contributed by atoms with Gasteiger partial charge in [0.25, 0.3) is 0 Å². The van der Waals surface area contributed by atoms with Crippen molar-refractivity contribution in [3.63, 3.8) is 0 Å². The van der Waals surface area contributed by atoms with Crippen LogP contribution >= 0.6 is 0 Å². The topological polar surface area (TPSA) is 72.5 Å². The molecule has 0 spiro atoms. The summed E-state index contributed by atoms with van der Waals surface area (Å²) in [5.74, 6) is -0.760. The van der Waals surface area contributed by atoms with Crippen LogP contribution in [0.5, 0.6) is 0 Å². The summed E-state index contributed by atoms with van der Waals surface area (Å²) in [6.45, 7) is 1.86. The Labute approximate surface area is 76.4 Å². The second kappa shape index (κ2) is 7.27. The first-order valence-corrected chi connectivity index (χ1v) is 3.98. The Morgan fingerprint density at radius 1 is 1.38 bits per heavy atom. The summed E-state index contributed by atoms with van der Waals surface area (Å²) in [5, 5.41) is 2.26. The number of nitrogens with one attached hydrogen (secondary N) is 1. The monoisotopic (exact) mass is 186 g/mol. The molecule has 0 fully saturated rings. The van der Waals surface area contributed by atoms with E-state index in [1.54, 1.807) is 6.92 Å². The summed E-state index contributed by atoms with van der Waals surface area (Å²) in [6, 6.07) is 0. The van der Waals surface area contributed by atoms with Crippen LogP contribution in [0.3, 0.4) is 0 Å². The van der Waals surface area contributed by atoms with Crippen LogP contribution in [0.2, 0.25) is 0 Å². The van der Waals surface area contributed by atoms with Crippen LogP contribution in [-0.4, -0.2) is 31.3 Å². The Balaban J connectivity index is 3.45. The van der Waals surface area contributed by atoms with Gasteiger partial charge in [-0.1, -0.05) is 0 Å². The lowest BCUT2D eigenvalue weighted by Gasteiger charge is -2.01. The maximum Gasteiger partial charge on any atom is 0.306 e. The van der Waals surface area contributed by atoms with Crippen LogP contribution in [-0.2, 0) is 19.1 Å². The standard InChI is InChI=1S/C8H12NO4/c1-2-13-8(12)4-3-7(11)9-5-6-10/h2-5H2,1H3,(H,9,11). The third kappa shape index (κ3) is 6.99. The van der Waals surface area contributed by atoms with Crippen LogP contribution in [0.4, 0.5) is 0 Å². The molecule has 73 valence electrons. The first kappa shape index (κ1) is 11.6. The van der Waals surface area contributed by atoms with Crippen molar-refractivity contribution in [2.75, 3.05) is 13.2 Å². The molecule has 0 bridgehead atoms. The number of hydrogen-bond acceptors (Lipinski definition) is 4. The van der Waals surface area contributed by atoms with E-state index in [1.807, 2.05) is 0 Å². The molecule has 0 saturated carbocycles. The summed E-state index contributed by atoms with van der Waals surface area (Å²) in [6.07, 6.45) is 1.60. The zero-order valence-corrected chi connectivity index (χ0v) is 7.46. The van der Waals surface area contributed by atoms with Gasteiger partial charge in [-0.3, -0.25) is 14.4 Å². The highest BCUT2D eigenvalue weighted by molar-refractivity contribution is 5.82. The SMILES string of the molecule is CCOC(=O)CCC(=O)NC[C]=O. The Hall–Kier alpha value is -1.39. The van der Waals surface area contributed by atoms with Crippen LogP contribution in [0.15, 0.2) is 0 Å². The Morgan fingerprint density at radius 3 is 2.62 bits per heavy atom. The molecule has 5 heteroatoms. The van der Waals surface area contributed by atoms with Gasteiger partial charge in [0.1, 0.15) is 0 Å². The van der Waals surface area contributed by atoms with Crippen molar-refractivity contribution in [3.05, 3.63) is 0 Å². The average Bonchev–Trinajstić information content (AvgIpc) is 2.12. The van der Waals surface area contributed by atoms with Gasteiger partial charge < -0.3 is 10.1 Å². The van der Waals surface area contributed by atoms with Crippen LogP contribution in [0, 0.1) is 0 Å². The number of carbonyl (C=O) groups is 2. The van der Waals surface area contributed by atoms with Gasteiger partial charge in [-0.25, -0.2) is 0 Å². The normalized spacial score (nSPS) is 9.00. The molecule has 1 radical (unpaired) electrons. The highest BCUT2D eigenvalue weighted by Gasteiger charge is 2.06. The molecule has 1 amide bonds. The van der Waals surface area contributed by atoms with E-state index in [9.17, 15) is 14.4 Å². The van der Waals surface area contributed by atoms with Crippen molar-refractivity contribution < 1.29 is 19.1 Å². The molecule has 5 nitrogen and oxygen atoms in total. The zero-order valence-electron chi connectivity index (χ0n) is 7.46. The van der Waals surface area contributed by atoms with E-state index in [4.69, 9.17) is 0 Å². The molecule has 0 aromatic heterocycles. The molecule has 0 rings (SSSR count). The van der Waals surface area contributed by atoms with Gasteiger partial charge in [0.2, 0.25) is 12.2 Å². The lowest BCUT2D eigenvalue weighted by atomic mass is 10.3. The van der Waals surface area contributed by atoms with Crippen LogP contribution in [0.1, 0.15) is 19.8 Å². The largest absolute Gasteiger partial charge is 0.466 e. The number of hydrogen-bond donors (Lipinski definition) is 1. The minimum absolute atomic E-state index is 0.0402. The van der Waals surface area contributed by atoms with Crippen molar-refractivity contribution in [2.45, 2.75) is 19.8 Å². The molecule has 0 aliphatic heterocycles. The molecular weight excluding hydrogens is 174 g/mol. The molecule has 0 atom stereocenters. The number of esters is 1. The highest BCUT2D eigenvalue weighted by Crippen LogP contribution is 1.92. The van der Waals surface area contributed by atoms with Gasteiger partial charge in [0.05, 0.1) is 19.6 Å². The summed E-state index contributed by atoms with van der Waals surface area (Å²) in [5.41, 5.74) is 0. The lowest BCUT2D eigenvalue weighted by Crippen LogP contribution is -2.25. The maximum atomic E-state index is 10.8. The first-order valence-electron chi connectivity index (χ1n) is 3.98. The third-order valence-electron chi connectivity index (χ3n) is 1.22. The van der Waals surface area contributed by atoms with Gasteiger partial charge in [-0.2, -0.15) is 0 Å². The fraction of sp³-hybridized carbons (Fsp3) is 0.625. The summed E-state index contributed by atoms with van der Waals surface area (Å²) in [4.78, 5) is 31.3. The van der Waals surface area contributed by atoms with Crippen LogP contribution in [0.25, 0.3) is 0 Å². The fourth-order valence-electron chi connectivity index (χ4n) is 0.672. The molecule has 0 aromatic carbocycles. The van der Waals surface area contributed by atoms with Gasteiger partial charge in [-0.15, -0.1) is 0 Å². The molecule has 0 saturated heterocycles. The molecular formula is C8H12NO4. The number of carbonyl (C=O) groups excluding carboxylic acids is 3. The molecule has 0 unspecified atom stereocenters. The second-order valence-electron chi connectivity index (χ2n) is 2.23. The maximum absolute atomic E-state index is 10.8. The van der Waals surface area contributed by atoms with Crippen molar-refractivity contribution in [2.24, 2.45) is 0 Å². The van der Waals surface area contributed by atoms with Gasteiger partial charge in [-0.05, 0) is 6.92 Å². The fourth-order valence-corrected chi connectivity index (χ4v) is 0.672. The van der Waals surface area contributed by atoms with Crippen molar-refractivity contribution in [3.8, 4) is 0 Å². The quantitative estimate of drug-likeness (QED) is 0.570. The molecule has 13 heavy (non-hydrogen) atoms. The Bertz CT molecular complexity index is 191. The van der Waals surface area contributed by atoms with E-state index < -0.39 is 5.97 Å². The van der Waals surface area contributed by atoms with Crippen molar-refractivity contribution in [1.82, 2.24) is 5.32 Å². The summed E-state index contributed by atoms with van der Waals surface area (Å²) < 4.78 is 4.60. The summed E-state index contributed by atoms with van der Waals surface area (Å²) in [7, 11) is 0. The van der Waals surface area contributed by atoms with E-state index in [1.165, 1.54) is 6.29 Å². The molecule has 0 aliphatic carbocycles. The highest BCUT2D eigenvalue weighted by atomic mass is 16.5. The Morgan fingerprint density at radius 2 is 2.08 bits per heavy atom. The first-order chi connectivity index (χ1) is 6.20. The van der Waals surface area contributed by atoms with Crippen molar-refractivity contribution in [1.29, 1.82) is 0 Å². The Kier molecular flexibility index (Phi) is 6.49.